The van der Waals surface area contributed by atoms with Gasteiger partial charge in [0.05, 0.1) is 6.61 Å². The highest BCUT2D eigenvalue weighted by Gasteiger charge is 2.28. The molecule has 1 rings (SSSR count). The van der Waals surface area contributed by atoms with Crippen molar-refractivity contribution >= 4 is 0 Å². The predicted molar refractivity (Wildman–Crippen MR) is 61.2 cm³/mol. The quantitative estimate of drug-likeness (QED) is 0.732. The van der Waals surface area contributed by atoms with E-state index in [2.05, 4.69) is 13.8 Å². The highest BCUT2D eigenvalue weighted by Crippen LogP contribution is 2.33. The molecule has 0 aromatic rings. The molecule has 1 fully saturated rings. The van der Waals surface area contributed by atoms with Crippen molar-refractivity contribution in [3.05, 3.63) is 0 Å². The lowest BCUT2D eigenvalue weighted by Crippen LogP contribution is -2.43. The Labute approximate surface area is 93.3 Å². The molecule has 0 saturated heterocycles. The van der Waals surface area contributed by atoms with Gasteiger partial charge >= 0.3 is 0 Å². The number of nitrogens with two attached hydrogens (primary N) is 1. The first-order chi connectivity index (χ1) is 6.94. The second kappa shape index (κ2) is 5.28. The van der Waals surface area contributed by atoms with E-state index in [4.69, 9.17) is 15.2 Å². The third kappa shape index (κ3) is 4.09. The Hall–Kier alpha value is -0.120. The van der Waals surface area contributed by atoms with Gasteiger partial charge in [-0.05, 0) is 30.6 Å². The van der Waals surface area contributed by atoms with E-state index in [-0.39, 0.29) is 0 Å². The van der Waals surface area contributed by atoms with E-state index in [1.54, 1.807) is 14.0 Å². The van der Waals surface area contributed by atoms with Crippen molar-refractivity contribution in [2.75, 3.05) is 13.7 Å². The SMILES string of the molecule is COC(C)(N)OCC1CCC(C)CC1C. The van der Waals surface area contributed by atoms with Crippen molar-refractivity contribution in [1.82, 2.24) is 0 Å². The van der Waals surface area contributed by atoms with Crippen LogP contribution in [-0.4, -0.2) is 19.6 Å². The van der Waals surface area contributed by atoms with Crippen molar-refractivity contribution < 1.29 is 9.47 Å². The fourth-order valence-electron chi connectivity index (χ4n) is 2.31. The topological polar surface area (TPSA) is 44.5 Å². The van der Waals surface area contributed by atoms with Crippen LogP contribution in [0.1, 0.15) is 40.0 Å². The third-order valence-electron chi connectivity index (χ3n) is 3.60. The van der Waals surface area contributed by atoms with Gasteiger partial charge in [-0.1, -0.05) is 20.3 Å². The summed E-state index contributed by atoms with van der Waals surface area (Å²) < 4.78 is 10.6. The molecule has 1 aliphatic carbocycles. The lowest BCUT2D eigenvalue weighted by molar-refractivity contribution is -0.216. The van der Waals surface area contributed by atoms with Gasteiger partial charge in [-0.25, -0.2) is 0 Å². The zero-order valence-electron chi connectivity index (χ0n) is 10.5. The van der Waals surface area contributed by atoms with Crippen molar-refractivity contribution in [2.45, 2.75) is 45.9 Å². The molecule has 4 atom stereocenters. The van der Waals surface area contributed by atoms with Crippen LogP contribution >= 0.6 is 0 Å². The molecule has 90 valence electrons. The van der Waals surface area contributed by atoms with Crippen molar-refractivity contribution in [3.63, 3.8) is 0 Å². The summed E-state index contributed by atoms with van der Waals surface area (Å²) in [7, 11) is 1.58. The molecule has 2 N–H and O–H groups in total. The van der Waals surface area contributed by atoms with Gasteiger partial charge in [0, 0.05) is 14.0 Å². The number of hydrogen-bond acceptors (Lipinski definition) is 3. The van der Waals surface area contributed by atoms with Gasteiger partial charge in [0.25, 0.3) is 0 Å². The average molecular weight is 215 g/mol. The first-order valence-electron chi connectivity index (χ1n) is 5.92. The Morgan fingerprint density at radius 2 is 2.00 bits per heavy atom. The van der Waals surface area contributed by atoms with Crippen LogP contribution in [0.25, 0.3) is 0 Å². The van der Waals surface area contributed by atoms with Crippen molar-refractivity contribution in [2.24, 2.45) is 23.5 Å². The van der Waals surface area contributed by atoms with Crippen molar-refractivity contribution in [1.29, 1.82) is 0 Å². The van der Waals surface area contributed by atoms with Gasteiger partial charge in [-0.15, -0.1) is 0 Å². The summed E-state index contributed by atoms with van der Waals surface area (Å²) in [5.74, 6) is 1.31. The molecule has 0 aromatic heterocycles. The molecule has 1 saturated carbocycles. The van der Waals surface area contributed by atoms with Gasteiger partial charge in [0.2, 0.25) is 5.91 Å². The normalized spacial score (nSPS) is 36.2. The van der Waals surface area contributed by atoms with E-state index < -0.39 is 5.91 Å². The van der Waals surface area contributed by atoms with Crippen molar-refractivity contribution in [3.8, 4) is 0 Å². The Morgan fingerprint density at radius 3 is 2.53 bits per heavy atom. The second-order valence-electron chi connectivity index (χ2n) is 5.19. The molecule has 4 unspecified atom stereocenters. The Bertz CT molecular complexity index is 194. The van der Waals surface area contributed by atoms with Crippen LogP contribution in [-0.2, 0) is 9.47 Å². The summed E-state index contributed by atoms with van der Waals surface area (Å²) in [6.07, 6.45) is 3.87. The molecule has 3 heteroatoms. The fourth-order valence-corrected chi connectivity index (χ4v) is 2.31. The molecular weight excluding hydrogens is 190 g/mol. The maximum absolute atomic E-state index is 5.76. The van der Waals surface area contributed by atoms with E-state index in [0.717, 1.165) is 11.8 Å². The lowest BCUT2D eigenvalue weighted by Gasteiger charge is -2.34. The molecule has 0 bridgehead atoms. The minimum atomic E-state index is -0.928. The molecule has 3 nitrogen and oxygen atoms in total. The number of ether oxygens (including phenoxy) is 2. The summed E-state index contributed by atoms with van der Waals surface area (Å²) >= 11 is 0. The van der Waals surface area contributed by atoms with Crippen LogP contribution in [0.15, 0.2) is 0 Å². The van der Waals surface area contributed by atoms with E-state index in [1.165, 1.54) is 19.3 Å². The first-order valence-corrected chi connectivity index (χ1v) is 5.92. The largest absolute Gasteiger partial charge is 0.341 e. The molecule has 0 aromatic carbocycles. The van der Waals surface area contributed by atoms with Gasteiger partial charge < -0.3 is 9.47 Å². The molecule has 0 heterocycles. The van der Waals surface area contributed by atoms with Gasteiger partial charge in [0.15, 0.2) is 0 Å². The molecule has 15 heavy (non-hydrogen) atoms. The van der Waals surface area contributed by atoms with Gasteiger partial charge in [-0.3, -0.25) is 5.73 Å². The highest BCUT2D eigenvalue weighted by molar-refractivity contribution is 4.76. The maximum Gasteiger partial charge on any atom is 0.221 e. The van der Waals surface area contributed by atoms with E-state index in [0.29, 0.717) is 12.5 Å². The summed E-state index contributed by atoms with van der Waals surface area (Å²) in [6.45, 7) is 7.11. The lowest BCUT2D eigenvalue weighted by atomic mass is 9.76. The van der Waals surface area contributed by atoms with Crippen LogP contribution < -0.4 is 5.73 Å². The van der Waals surface area contributed by atoms with Gasteiger partial charge in [-0.2, -0.15) is 0 Å². The predicted octanol–water partition coefficient (Wildman–Crippen LogP) is 2.35. The minimum Gasteiger partial charge on any atom is -0.341 e. The number of rotatable bonds is 4. The van der Waals surface area contributed by atoms with Crippen LogP contribution in [0.4, 0.5) is 0 Å². The first kappa shape index (κ1) is 12.9. The number of hydrogen-bond donors (Lipinski definition) is 1. The maximum atomic E-state index is 5.76. The minimum absolute atomic E-state index is 0.638. The number of methoxy groups -OCH3 is 1. The summed E-state index contributed by atoms with van der Waals surface area (Å²) in [4.78, 5) is 0. The van der Waals surface area contributed by atoms with Crippen LogP contribution in [0.5, 0.6) is 0 Å². The third-order valence-corrected chi connectivity index (χ3v) is 3.60. The second-order valence-corrected chi connectivity index (χ2v) is 5.19. The van der Waals surface area contributed by atoms with Crippen LogP contribution in [0, 0.1) is 17.8 Å². The zero-order valence-corrected chi connectivity index (χ0v) is 10.5. The molecular formula is C12H25NO2. The van der Waals surface area contributed by atoms with E-state index >= 15 is 0 Å². The van der Waals surface area contributed by atoms with E-state index in [9.17, 15) is 0 Å². The average Bonchev–Trinajstić information content (AvgIpc) is 2.16. The smallest absolute Gasteiger partial charge is 0.221 e. The summed E-state index contributed by atoms with van der Waals surface area (Å²) in [5.41, 5.74) is 5.76. The highest BCUT2D eigenvalue weighted by atomic mass is 16.7. The van der Waals surface area contributed by atoms with E-state index in [1.807, 2.05) is 0 Å². The Morgan fingerprint density at radius 1 is 1.33 bits per heavy atom. The zero-order chi connectivity index (χ0) is 11.5. The fraction of sp³-hybridized carbons (Fsp3) is 1.00. The molecule has 0 radical (unpaired) electrons. The Kier molecular flexibility index (Phi) is 4.56. The molecule has 1 aliphatic rings. The van der Waals surface area contributed by atoms with Crippen LogP contribution in [0.3, 0.4) is 0 Å². The monoisotopic (exact) mass is 215 g/mol. The summed E-state index contributed by atoms with van der Waals surface area (Å²) in [6, 6.07) is 0. The Balaban J connectivity index is 2.33. The molecule has 0 aliphatic heterocycles. The van der Waals surface area contributed by atoms with Crippen LogP contribution in [0.2, 0.25) is 0 Å². The molecule has 0 spiro atoms. The van der Waals surface area contributed by atoms with Gasteiger partial charge in [0.1, 0.15) is 0 Å². The molecule has 0 amide bonds. The standard InChI is InChI=1S/C12H25NO2/c1-9-5-6-11(10(2)7-9)8-15-12(3,13)14-4/h9-11H,5-8,13H2,1-4H3. The summed E-state index contributed by atoms with van der Waals surface area (Å²) in [5, 5.41) is 0.